The van der Waals surface area contributed by atoms with Crippen molar-refractivity contribution in [2.45, 2.75) is 11.5 Å². The molecule has 32 heavy (non-hydrogen) atoms. The quantitative estimate of drug-likeness (QED) is 0.588. The zero-order chi connectivity index (χ0) is 23.1. The Labute approximate surface area is 182 Å². The normalized spacial score (nSPS) is 14.7. The molecule has 0 radical (unpaired) electrons. The van der Waals surface area contributed by atoms with E-state index in [2.05, 4.69) is 10.1 Å². The van der Waals surface area contributed by atoms with E-state index in [4.69, 9.17) is 9.47 Å². The number of nitrogens with zero attached hydrogens (tertiary/aromatic N) is 1. The molecule has 0 spiro atoms. The molecule has 0 aromatic heterocycles. The average Bonchev–Trinajstić information content (AvgIpc) is 2.78. The van der Waals surface area contributed by atoms with Crippen LogP contribution in [0.15, 0.2) is 53.4 Å². The first kappa shape index (κ1) is 23.6. The van der Waals surface area contributed by atoms with Crippen LogP contribution in [0.4, 0.5) is 14.5 Å². The van der Waals surface area contributed by atoms with Crippen LogP contribution in [0.25, 0.3) is 0 Å². The lowest BCUT2D eigenvalue weighted by molar-refractivity contribution is -0.119. The maximum atomic E-state index is 12.6. The van der Waals surface area contributed by atoms with Crippen LogP contribution in [0.2, 0.25) is 0 Å². The van der Waals surface area contributed by atoms with Gasteiger partial charge in [0, 0.05) is 18.8 Å². The van der Waals surface area contributed by atoms with Gasteiger partial charge in [0.05, 0.1) is 23.7 Å². The van der Waals surface area contributed by atoms with E-state index in [1.54, 1.807) is 0 Å². The van der Waals surface area contributed by atoms with Crippen molar-refractivity contribution in [2.75, 3.05) is 38.2 Å². The van der Waals surface area contributed by atoms with Crippen molar-refractivity contribution in [3.8, 4) is 5.75 Å². The highest BCUT2D eigenvalue weighted by Gasteiger charge is 2.26. The van der Waals surface area contributed by atoms with Crippen LogP contribution >= 0.6 is 0 Å². The lowest BCUT2D eigenvalue weighted by Gasteiger charge is -2.26. The number of rotatable bonds is 8. The van der Waals surface area contributed by atoms with Crippen LogP contribution in [0, 0.1) is 0 Å². The molecular weight excluding hydrogens is 450 g/mol. The first-order valence-electron chi connectivity index (χ1n) is 9.45. The van der Waals surface area contributed by atoms with Gasteiger partial charge in [0.15, 0.2) is 6.61 Å². The number of hydrogen-bond donors (Lipinski definition) is 1. The molecule has 172 valence electrons. The van der Waals surface area contributed by atoms with Gasteiger partial charge in [0.25, 0.3) is 5.91 Å². The average molecular weight is 470 g/mol. The highest BCUT2D eigenvalue weighted by molar-refractivity contribution is 7.89. The fourth-order valence-electron chi connectivity index (χ4n) is 2.83. The summed E-state index contributed by atoms with van der Waals surface area (Å²) in [5.74, 6) is -1.58. The molecule has 1 fully saturated rings. The summed E-state index contributed by atoms with van der Waals surface area (Å²) in [7, 11) is -3.65. The highest BCUT2D eigenvalue weighted by atomic mass is 32.2. The second-order valence-electron chi connectivity index (χ2n) is 6.57. The molecule has 2 aromatic carbocycles. The van der Waals surface area contributed by atoms with E-state index < -0.39 is 35.1 Å². The number of esters is 1. The van der Waals surface area contributed by atoms with Crippen LogP contribution < -0.4 is 10.1 Å². The Bertz CT molecular complexity index is 1040. The number of ether oxygens (including phenoxy) is 3. The van der Waals surface area contributed by atoms with Gasteiger partial charge >= 0.3 is 12.6 Å². The van der Waals surface area contributed by atoms with Gasteiger partial charge in [-0.2, -0.15) is 13.1 Å². The molecule has 1 amide bonds. The molecule has 0 unspecified atom stereocenters. The van der Waals surface area contributed by atoms with E-state index in [1.165, 1.54) is 52.8 Å². The Hall–Kier alpha value is -3.09. The fourth-order valence-corrected chi connectivity index (χ4v) is 4.24. The monoisotopic (exact) mass is 470 g/mol. The summed E-state index contributed by atoms with van der Waals surface area (Å²) in [6, 6.07) is 10.4. The van der Waals surface area contributed by atoms with Crippen LogP contribution in [0.5, 0.6) is 5.75 Å². The Morgan fingerprint density at radius 2 is 1.66 bits per heavy atom. The third-order valence-electron chi connectivity index (χ3n) is 4.40. The summed E-state index contributed by atoms with van der Waals surface area (Å²) in [6.45, 7) is -2.37. The predicted molar refractivity (Wildman–Crippen MR) is 108 cm³/mol. The number of alkyl halides is 2. The third kappa shape index (κ3) is 6.22. The molecule has 2 aromatic rings. The van der Waals surface area contributed by atoms with Crippen molar-refractivity contribution in [3.63, 3.8) is 0 Å². The van der Waals surface area contributed by atoms with E-state index in [0.717, 1.165) is 0 Å². The molecule has 1 aliphatic rings. The molecule has 1 saturated heterocycles. The van der Waals surface area contributed by atoms with Crippen LogP contribution in [-0.4, -0.2) is 64.1 Å². The second-order valence-corrected chi connectivity index (χ2v) is 8.51. The molecule has 1 N–H and O–H groups in total. The smallest absolute Gasteiger partial charge is 0.387 e. The summed E-state index contributed by atoms with van der Waals surface area (Å²) >= 11 is 0. The molecule has 0 bridgehead atoms. The van der Waals surface area contributed by atoms with Crippen molar-refractivity contribution in [1.29, 1.82) is 0 Å². The standard InChI is InChI=1S/C20H20F2N2O7S/c21-20(22)31-16-5-1-14(2-6-16)19(26)30-13-18(25)23-15-3-7-17(8-4-15)32(27,28)24-9-11-29-12-10-24/h1-8,20H,9-13H2,(H,23,25). The van der Waals surface area contributed by atoms with Crippen molar-refractivity contribution in [1.82, 2.24) is 4.31 Å². The lowest BCUT2D eigenvalue weighted by Crippen LogP contribution is -2.40. The van der Waals surface area contributed by atoms with Crippen LogP contribution in [0.1, 0.15) is 10.4 Å². The highest BCUT2D eigenvalue weighted by Crippen LogP contribution is 2.19. The van der Waals surface area contributed by atoms with Crippen LogP contribution in [-0.2, 0) is 24.3 Å². The van der Waals surface area contributed by atoms with Gasteiger partial charge in [-0.05, 0) is 48.5 Å². The van der Waals surface area contributed by atoms with Crippen molar-refractivity contribution < 1.29 is 41.0 Å². The molecule has 0 saturated carbocycles. The fraction of sp³-hybridized carbons (Fsp3) is 0.300. The van der Waals surface area contributed by atoms with E-state index >= 15 is 0 Å². The zero-order valence-corrected chi connectivity index (χ0v) is 17.5. The number of morpholine rings is 1. The number of hydrogen-bond acceptors (Lipinski definition) is 7. The Morgan fingerprint density at radius 1 is 1.03 bits per heavy atom. The molecule has 3 rings (SSSR count). The van der Waals surface area contributed by atoms with Crippen molar-refractivity contribution >= 4 is 27.6 Å². The van der Waals surface area contributed by atoms with Gasteiger partial charge in [-0.3, -0.25) is 4.79 Å². The molecule has 1 heterocycles. The SMILES string of the molecule is O=C(COC(=O)c1ccc(OC(F)F)cc1)Nc1ccc(S(=O)(=O)N2CCOCC2)cc1. The largest absolute Gasteiger partial charge is 0.452 e. The summed E-state index contributed by atoms with van der Waals surface area (Å²) in [6.07, 6.45) is 0. The topological polar surface area (TPSA) is 111 Å². The summed E-state index contributed by atoms with van der Waals surface area (Å²) < 4.78 is 65.0. The molecular formula is C20H20F2N2O7S. The van der Waals surface area contributed by atoms with E-state index in [1.807, 2.05) is 0 Å². The number of benzene rings is 2. The number of sulfonamides is 1. The van der Waals surface area contributed by atoms with E-state index in [0.29, 0.717) is 18.9 Å². The van der Waals surface area contributed by atoms with Crippen LogP contribution in [0.3, 0.4) is 0 Å². The van der Waals surface area contributed by atoms with E-state index in [-0.39, 0.29) is 29.3 Å². The lowest BCUT2D eigenvalue weighted by atomic mass is 10.2. The minimum Gasteiger partial charge on any atom is -0.452 e. The first-order chi connectivity index (χ1) is 15.3. The Balaban J connectivity index is 1.51. The van der Waals surface area contributed by atoms with Gasteiger partial charge in [0.2, 0.25) is 10.0 Å². The number of nitrogens with one attached hydrogen (secondary N) is 1. The summed E-state index contributed by atoms with van der Waals surface area (Å²) in [5.41, 5.74) is 0.373. The molecule has 1 aliphatic heterocycles. The van der Waals surface area contributed by atoms with Gasteiger partial charge in [-0.25, -0.2) is 13.2 Å². The maximum absolute atomic E-state index is 12.6. The molecule has 12 heteroatoms. The molecule has 9 nitrogen and oxygen atoms in total. The van der Waals surface area contributed by atoms with Gasteiger partial charge < -0.3 is 19.5 Å². The summed E-state index contributed by atoms with van der Waals surface area (Å²) in [4.78, 5) is 24.1. The Kier molecular flexibility index (Phi) is 7.72. The van der Waals surface area contributed by atoms with Gasteiger partial charge in [-0.1, -0.05) is 0 Å². The summed E-state index contributed by atoms with van der Waals surface area (Å²) in [5, 5.41) is 2.49. The third-order valence-corrected chi connectivity index (χ3v) is 6.31. The van der Waals surface area contributed by atoms with Crippen molar-refractivity contribution in [3.05, 3.63) is 54.1 Å². The number of amides is 1. The van der Waals surface area contributed by atoms with Crippen molar-refractivity contribution in [2.24, 2.45) is 0 Å². The zero-order valence-electron chi connectivity index (χ0n) is 16.7. The first-order valence-corrected chi connectivity index (χ1v) is 10.9. The maximum Gasteiger partial charge on any atom is 0.387 e. The second kappa shape index (κ2) is 10.5. The van der Waals surface area contributed by atoms with Gasteiger partial charge in [0.1, 0.15) is 5.75 Å². The number of carbonyl (C=O) groups excluding carboxylic acids is 2. The van der Waals surface area contributed by atoms with E-state index in [9.17, 15) is 26.8 Å². The minimum absolute atomic E-state index is 0.0529. The minimum atomic E-state index is -3.65. The molecule has 0 atom stereocenters. The van der Waals surface area contributed by atoms with Gasteiger partial charge in [-0.15, -0.1) is 0 Å². The number of halogens is 2. The number of carbonyl (C=O) groups is 2. The molecule has 0 aliphatic carbocycles. The predicted octanol–water partition coefficient (Wildman–Crippen LogP) is 2.10. The Morgan fingerprint density at radius 3 is 2.25 bits per heavy atom. The number of anilines is 1.